The van der Waals surface area contributed by atoms with Gasteiger partial charge in [0.2, 0.25) is 0 Å². The van der Waals surface area contributed by atoms with E-state index >= 15 is 0 Å². The molecule has 1 aromatic carbocycles. The lowest BCUT2D eigenvalue weighted by atomic mass is 10.1. The molecule has 0 bridgehead atoms. The maximum absolute atomic E-state index is 12.4. The standard InChI is InChI=1S/C20H22N4O/c1-15-5-3-6-19(22-15)17-7-9-18(10-8-17)20(25)23-16(2)11-14-24-13-4-12-21-24/h3-10,12-13,16H,11,14H2,1-2H3,(H,23,25)/t16-/m0/s1. The normalized spacial score (nSPS) is 11.9. The van der Waals surface area contributed by atoms with Crippen molar-refractivity contribution in [2.75, 3.05) is 0 Å². The van der Waals surface area contributed by atoms with Crippen molar-refractivity contribution in [3.63, 3.8) is 0 Å². The second-order valence-corrected chi connectivity index (χ2v) is 6.17. The first-order valence-corrected chi connectivity index (χ1v) is 8.44. The molecule has 0 saturated heterocycles. The summed E-state index contributed by atoms with van der Waals surface area (Å²) in [5.74, 6) is -0.0586. The zero-order chi connectivity index (χ0) is 17.6. The third kappa shape index (κ3) is 4.53. The number of hydrogen-bond donors (Lipinski definition) is 1. The molecule has 3 rings (SSSR count). The minimum Gasteiger partial charge on any atom is -0.350 e. The number of aromatic nitrogens is 3. The van der Waals surface area contributed by atoms with Gasteiger partial charge >= 0.3 is 0 Å². The van der Waals surface area contributed by atoms with Crippen LogP contribution in [0.5, 0.6) is 0 Å². The Bertz CT molecular complexity index is 825. The second kappa shape index (κ2) is 7.75. The van der Waals surface area contributed by atoms with Gasteiger partial charge in [0.05, 0.1) is 5.69 Å². The minimum atomic E-state index is -0.0586. The molecule has 0 spiro atoms. The molecule has 0 saturated carbocycles. The first kappa shape index (κ1) is 16.9. The van der Waals surface area contributed by atoms with Gasteiger partial charge in [-0.25, -0.2) is 0 Å². The smallest absolute Gasteiger partial charge is 0.251 e. The third-order valence-corrected chi connectivity index (χ3v) is 4.06. The van der Waals surface area contributed by atoms with Gasteiger partial charge in [-0.1, -0.05) is 18.2 Å². The molecule has 128 valence electrons. The van der Waals surface area contributed by atoms with Crippen molar-refractivity contribution >= 4 is 5.91 Å². The lowest BCUT2D eigenvalue weighted by Crippen LogP contribution is -2.33. The molecule has 1 amide bonds. The van der Waals surface area contributed by atoms with E-state index < -0.39 is 0 Å². The molecular weight excluding hydrogens is 312 g/mol. The number of amides is 1. The Morgan fingerprint density at radius 2 is 1.96 bits per heavy atom. The second-order valence-electron chi connectivity index (χ2n) is 6.17. The molecule has 1 atom stereocenters. The van der Waals surface area contributed by atoms with E-state index in [1.165, 1.54) is 0 Å². The Morgan fingerprint density at radius 1 is 1.16 bits per heavy atom. The van der Waals surface area contributed by atoms with E-state index in [0.717, 1.165) is 29.9 Å². The minimum absolute atomic E-state index is 0.0586. The summed E-state index contributed by atoms with van der Waals surface area (Å²) < 4.78 is 1.87. The molecule has 0 radical (unpaired) electrons. The number of hydrogen-bond acceptors (Lipinski definition) is 3. The highest BCUT2D eigenvalue weighted by Gasteiger charge is 2.10. The van der Waals surface area contributed by atoms with E-state index in [-0.39, 0.29) is 11.9 Å². The average molecular weight is 334 g/mol. The molecule has 0 aliphatic heterocycles. The number of rotatable bonds is 6. The highest BCUT2D eigenvalue weighted by Crippen LogP contribution is 2.18. The molecule has 25 heavy (non-hydrogen) atoms. The van der Waals surface area contributed by atoms with Gasteiger partial charge < -0.3 is 5.32 Å². The number of nitrogens with one attached hydrogen (secondary N) is 1. The molecule has 1 N–H and O–H groups in total. The van der Waals surface area contributed by atoms with Gasteiger partial charge in [-0.05, 0) is 50.6 Å². The van der Waals surface area contributed by atoms with E-state index in [0.29, 0.717) is 5.56 Å². The molecule has 0 fully saturated rings. The molecule has 0 aliphatic carbocycles. The fraction of sp³-hybridized carbons (Fsp3) is 0.250. The summed E-state index contributed by atoms with van der Waals surface area (Å²) in [7, 11) is 0. The van der Waals surface area contributed by atoms with Crippen LogP contribution in [0.1, 0.15) is 29.4 Å². The van der Waals surface area contributed by atoms with Gasteiger partial charge in [0, 0.05) is 41.8 Å². The number of nitrogens with zero attached hydrogens (tertiary/aromatic N) is 3. The van der Waals surface area contributed by atoms with Gasteiger partial charge in [0.1, 0.15) is 0 Å². The maximum Gasteiger partial charge on any atom is 0.251 e. The van der Waals surface area contributed by atoms with Crippen LogP contribution in [-0.2, 0) is 6.54 Å². The van der Waals surface area contributed by atoms with E-state index in [9.17, 15) is 4.79 Å². The van der Waals surface area contributed by atoms with Crippen molar-refractivity contribution in [3.8, 4) is 11.3 Å². The molecule has 0 unspecified atom stereocenters. The summed E-state index contributed by atoms with van der Waals surface area (Å²) in [4.78, 5) is 16.9. The van der Waals surface area contributed by atoms with Crippen LogP contribution in [0.4, 0.5) is 0 Å². The Labute approximate surface area is 147 Å². The lowest BCUT2D eigenvalue weighted by Gasteiger charge is -2.14. The Balaban J connectivity index is 1.58. The maximum atomic E-state index is 12.4. The summed E-state index contributed by atoms with van der Waals surface area (Å²) in [6, 6.07) is 15.5. The summed E-state index contributed by atoms with van der Waals surface area (Å²) in [6.07, 6.45) is 4.51. The highest BCUT2D eigenvalue weighted by atomic mass is 16.1. The van der Waals surface area contributed by atoms with Crippen LogP contribution in [-0.4, -0.2) is 26.7 Å². The fourth-order valence-corrected chi connectivity index (χ4v) is 2.63. The molecule has 0 aliphatic rings. The zero-order valence-corrected chi connectivity index (χ0v) is 14.5. The highest BCUT2D eigenvalue weighted by molar-refractivity contribution is 5.94. The molecule has 5 nitrogen and oxygen atoms in total. The number of benzene rings is 1. The van der Waals surface area contributed by atoms with Gasteiger partial charge in [-0.15, -0.1) is 0 Å². The molecule has 5 heteroatoms. The van der Waals surface area contributed by atoms with Gasteiger partial charge in [-0.3, -0.25) is 14.5 Å². The third-order valence-electron chi connectivity index (χ3n) is 4.06. The fourth-order valence-electron chi connectivity index (χ4n) is 2.63. The van der Waals surface area contributed by atoms with Crippen LogP contribution in [0.2, 0.25) is 0 Å². The van der Waals surface area contributed by atoms with Gasteiger partial charge in [0.25, 0.3) is 5.91 Å². The van der Waals surface area contributed by atoms with Crippen molar-refractivity contribution in [2.45, 2.75) is 32.9 Å². The van der Waals surface area contributed by atoms with Crippen molar-refractivity contribution in [1.29, 1.82) is 0 Å². The van der Waals surface area contributed by atoms with Gasteiger partial charge in [0.15, 0.2) is 0 Å². The number of aryl methyl sites for hydroxylation is 2. The first-order valence-electron chi connectivity index (χ1n) is 8.44. The summed E-state index contributed by atoms with van der Waals surface area (Å²) in [6.45, 7) is 4.76. The zero-order valence-electron chi connectivity index (χ0n) is 14.5. The number of pyridine rings is 1. The topological polar surface area (TPSA) is 59.8 Å². The Morgan fingerprint density at radius 3 is 2.64 bits per heavy atom. The Hall–Kier alpha value is -2.95. The predicted octanol–water partition coefficient (Wildman–Crippen LogP) is 3.46. The van der Waals surface area contributed by atoms with Crippen molar-refractivity contribution < 1.29 is 4.79 Å². The van der Waals surface area contributed by atoms with E-state index in [1.807, 2.05) is 73.3 Å². The summed E-state index contributed by atoms with van der Waals surface area (Å²) >= 11 is 0. The molecular formula is C20H22N4O. The van der Waals surface area contributed by atoms with Crippen LogP contribution in [0.15, 0.2) is 60.9 Å². The van der Waals surface area contributed by atoms with Crippen LogP contribution >= 0.6 is 0 Å². The quantitative estimate of drug-likeness (QED) is 0.751. The van der Waals surface area contributed by atoms with E-state index in [4.69, 9.17) is 0 Å². The summed E-state index contributed by atoms with van der Waals surface area (Å²) in [5, 5.41) is 7.20. The SMILES string of the molecule is Cc1cccc(-c2ccc(C(=O)N[C@@H](C)CCn3cccn3)cc2)n1. The van der Waals surface area contributed by atoms with E-state index in [1.54, 1.807) is 6.20 Å². The van der Waals surface area contributed by atoms with Crippen LogP contribution < -0.4 is 5.32 Å². The largest absolute Gasteiger partial charge is 0.350 e. The van der Waals surface area contributed by atoms with E-state index in [2.05, 4.69) is 15.4 Å². The van der Waals surface area contributed by atoms with Crippen LogP contribution in [0.3, 0.4) is 0 Å². The van der Waals surface area contributed by atoms with Crippen LogP contribution in [0.25, 0.3) is 11.3 Å². The molecule has 2 aromatic heterocycles. The van der Waals surface area contributed by atoms with Crippen molar-refractivity contribution in [2.24, 2.45) is 0 Å². The lowest BCUT2D eigenvalue weighted by molar-refractivity contribution is 0.0937. The van der Waals surface area contributed by atoms with Gasteiger partial charge in [-0.2, -0.15) is 5.10 Å². The predicted molar refractivity (Wildman–Crippen MR) is 98.2 cm³/mol. The number of carbonyl (C=O) groups is 1. The first-order chi connectivity index (χ1) is 12.1. The Kier molecular flexibility index (Phi) is 5.23. The van der Waals surface area contributed by atoms with Crippen molar-refractivity contribution in [3.05, 3.63) is 72.2 Å². The summed E-state index contributed by atoms with van der Waals surface area (Å²) in [5.41, 5.74) is 3.55. The van der Waals surface area contributed by atoms with Crippen LogP contribution in [0, 0.1) is 6.92 Å². The number of carbonyl (C=O) groups excluding carboxylic acids is 1. The molecule has 3 aromatic rings. The monoisotopic (exact) mass is 334 g/mol. The van der Waals surface area contributed by atoms with Crippen molar-refractivity contribution in [1.82, 2.24) is 20.1 Å². The molecule has 2 heterocycles. The average Bonchev–Trinajstić information content (AvgIpc) is 3.14.